The summed E-state index contributed by atoms with van der Waals surface area (Å²) in [5.41, 5.74) is 21.7. The molecule has 4 amide bonds. The summed E-state index contributed by atoms with van der Waals surface area (Å²) < 4.78 is 0. The lowest BCUT2D eigenvalue weighted by Gasteiger charge is -2.25. The number of nitrogens with one attached hydrogen (secondary N) is 3. The number of aliphatic carboxylic acids is 1. The lowest BCUT2D eigenvalue weighted by molar-refractivity contribution is -0.141. The average Bonchev–Trinajstić information content (AvgIpc) is 2.75. The predicted octanol–water partition coefficient (Wildman–Crippen LogP) is -3.08. The third-order valence-electron chi connectivity index (χ3n) is 4.71. The maximum Gasteiger partial charge on any atom is 0.327 e. The summed E-state index contributed by atoms with van der Waals surface area (Å²) in [4.78, 5) is 60.1. The van der Waals surface area contributed by atoms with Gasteiger partial charge in [-0.15, -0.1) is 0 Å². The van der Waals surface area contributed by atoms with E-state index in [1.54, 1.807) is 0 Å². The molecule has 12 N–H and O–H groups in total. The van der Waals surface area contributed by atoms with Crippen molar-refractivity contribution in [3.05, 3.63) is 0 Å². The van der Waals surface area contributed by atoms with Gasteiger partial charge in [0.2, 0.25) is 23.6 Å². The summed E-state index contributed by atoms with van der Waals surface area (Å²) in [6.07, 6.45) is 2.21. The van der Waals surface area contributed by atoms with E-state index >= 15 is 0 Å². The summed E-state index contributed by atoms with van der Waals surface area (Å²) in [5, 5.41) is 16.5. The van der Waals surface area contributed by atoms with Crippen LogP contribution in [0.3, 0.4) is 0 Å². The van der Waals surface area contributed by atoms with Gasteiger partial charge in [0.05, 0.1) is 12.5 Å². The first-order valence-electron chi connectivity index (χ1n) is 10.8. The van der Waals surface area contributed by atoms with Crippen LogP contribution in [-0.4, -0.2) is 77.7 Å². The standard InChI is InChI=1S/C19H37N7O6S/c20-7-3-1-5-12(24-16(28)11(22)9-15(23)27)17(29)25-13(6-2-4-8-21)18(30)26-14(10-33)19(31)32/h11-14,33H,1-10,20-22H2,(H2,23,27)(H,24,28)(H,25,29)(H,26,30)(H,31,32). The topological polar surface area (TPSA) is 246 Å². The fourth-order valence-corrected chi connectivity index (χ4v) is 3.09. The minimum absolute atomic E-state index is 0.139. The van der Waals surface area contributed by atoms with Crippen molar-refractivity contribution in [1.29, 1.82) is 0 Å². The minimum Gasteiger partial charge on any atom is -0.480 e. The molecule has 33 heavy (non-hydrogen) atoms. The number of nitrogens with two attached hydrogens (primary N) is 4. The van der Waals surface area contributed by atoms with Crippen LogP contribution in [0.2, 0.25) is 0 Å². The molecule has 0 rings (SSSR count). The van der Waals surface area contributed by atoms with Crippen LogP contribution in [0.25, 0.3) is 0 Å². The highest BCUT2D eigenvalue weighted by Crippen LogP contribution is 2.06. The van der Waals surface area contributed by atoms with Gasteiger partial charge in [-0.3, -0.25) is 19.2 Å². The number of hydrogen-bond donors (Lipinski definition) is 9. The van der Waals surface area contributed by atoms with E-state index in [1.165, 1.54) is 0 Å². The fraction of sp³-hybridized carbons (Fsp3) is 0.737. The summed E-state index contributed by atoms with van der Waals surface area (Å²) in [6, 6.07) is -4.57. The Morgan fingerprint density at radius 3 is 1.55 bits per heavy atom. The van der Waals surface area contributed by atoms with Crippen molar-refractivity contribution in [2.75, 3.05) is 18.8 Å². The Morgan fingerprint density at radius 1 is 0.758 bits per heavy atom. The first-order chi connectivity index (χ1) is 15.6. The third kappa shape index (κ3) is 13.0. The van der Waals surface area contributed by atoms with Crippen molar-refractivity contribution >= 4 is 42.2 Å². The number of carbonyl (C=O) groups excluding carboxylic acids is 4. The number of carboxylic acids is 1. The highest BCUT2D eigenvalue weighted by molar-refractivity contribution is 7.80. The molecular weight excluding hydrogens is 454 g/mol. The van der Waals surface area contributed by atoms with Crippen molar-refractivity contribution < 1.29 is 29.1 Å². The molecule has 0 radical (unpaired) electrons. The van der Waals surface area contributed by atoms with E-state index < -0.39 is 60.2 Å². The molecule has 0 saturated carbocycles. The number of thiol groups is 1. The van der Waals surface area contributed by atoms with Gasteiger partial charge in [-0.25, -0.2) is 4.79 Å². The number of carbonyl (C=O) groups is 5. The van der Waals surface area contributed by atoms with E-state index in [0.717, 1.165) is 0 Å². The highest BCUT2D eigenvalue weighted by Gasteiger charge is 2.29. The molecule has 0 aromatic rings. The quantitative estimate of drug-likeness (QED) is 0.0695. The van der Waals surface area contributed by atoms with E-state index in [1.807, 2.05) is 0 Å². The number of carboxylic acid groups (broad SMARTS) is 1. The molecule has 0 heterocycles. The molecule has 0 bridgehead atoms. The summed E-state index contributed by atoms with van der Waals surface area (Å²) in [6.45, 7) is 0.764. The second kappa shape index (κ2) is 17.1. The normalized spacial score (nSPS) is 14.4. The molecule has 0 aliphatic heterocycles. The molecule has 4 atom stereocenters. The predicted molar refractivity (Wildman–Crippen MR) is 125 cm³/mol. The number of unbranched alkanes of at least 4 members (excludes halogenated alkanes) is 2. The fourth-order valence-electron chi connectivity index (χ4n) is 2.84. The van der Waals surface area contributed by atoms with Crippen LogP contribution in [0.5, 0.6) is 0 Å². The molecule has 0 aromatic heterocycles. The first-order valence-corrected chi connectivity index (χ1v) is 11.4. The van der Waals surface area contributed by atoms with Crippen molar-refractivity contribution in [3.63, 3.8) is 0 Å². The zero-order valence-corrected chi connectivity index (χ0v) is 19.5. The van der Waals surface area contributed by atoms with Crippen LogP contribution < -0.4 is 38.9 Å². The van der Waals surface area contributed by atoms with Crippen LogP contribution in [0.15, 0.2) is 0 Å². The van der Waals surface area contributed by atoms with E-state index in [9.17, 15) is 24.0 Å². The molecule has 13 nitrogen and oxygen atoms in total. The Balaban J connectivity index is 5.42. The monoisotopic (exact) mass is 491 g/mol. The van der Waals surface area contributed by atoms with Gasteiger partial charge in [-0.1, -0.05) is 0 Å². The van der Waals surface area contributed by atoms with Crippen molar-refractivity contribution in [3.8, 4) is 0 Å². The van der Waals surface area contributed by atoms with Crippen LogP contribution in [-0.2, 0) is 24.0 Å². The summed E-state index contributed by atoms with van der Waals surface area (Å²) in [7, 11) is 0. The SMILES string of the molecule is NCCCCC(NC(=O)C(N)CC(N)=O)C(=O)NC(CCCCN)C(=O)NC(CS)C(=O)O. The van der Waals surface area contributed by atoms with Gasteiger partial charge in [-0.05, 0) is 51.6 Å². The second-order valence-corrected chi connectivity index (χ2v) is 7.92. The molecular formula is C19H37N7O6S. The van der Waals surface area contributed by atoms with Crippen molar-refractivity contribution in [1.82, 2.24) is 16.0 Å². The largest absolute Gasteiger partial charge is 0.480 e. The van der Waals surface area contributed by atoms with Gasteiger partial charge < -0.3 is 44.0 Å². The van der Waals surface area contributed by atoms with Crippen molar-refractivity contribution in [2.24, 2.45) is 22.9 Å². The van der Waals surface area contributed by atoms with Gasteiger partial charge in [0, 0.05) is 5.75 Å². The third-order valence-corrected chi connectivity index (χ3v) is 5.08. The number of amides is 4. The number of primary amides is 1. The molecule has 0 saturated heterocycles. The smallest absolute Gasteiger partial charge is 0.327 e. The molecule has 4 unspecified atom stereocenters. The molecule has 190 valence electrons. The van der Waals surface area contributed by atoms with Gasteiger partial charge in [0.25, 0.3) is 0 Å². The highest BCUT2D eigenvalue weighted by atomic mass is 32.1. The Bertz CT molecular complexity index is 667. The Labute approximate surface area is 198 Å². The van der Waals surface area contributed by atoms with E-state index in [2.05, 4.69) is 28.6 Å². The summed E-state index contributed by atoms with van der Waals surface area (Å²) >= 11 is 3.91. The Kier molecular flexibility index (Phi) is 15.9. The van der Waals surface area contributed by atoms with Gasteiger partial charge >= 0.3 is 5.97 Å². The molecule has 0 aliphatic carbocycles. The van der Waals surface area contributed by atoms with Gasteiger partial charge in [-0.2, -0.15) is 12.6 Å². The molecule has 0 aromatic carbocycles. The average molecular weight is 492 g/mol. The van der Waals surface area contributed by atoms with E-state index in [4.69, 9.17) is 28.0 Å². The first kappa shape index (κ1) is 30.6. The Morgan fingerprint density at radius 2 is 1.18 bits per heavy atom. The van der Waals surface area contributed by atoms with Crippen LogP contribution in [0.4, 0.5) is 0 Å². The lowest BCUT2D eigenvalue weighted by Crippen LogP contribution is -2.57. The zero-order chi connectivity index (χ0) is 25.4. The zero-order valence-electron chi connectivity index (χ0n) is 18.6. The van der Waals surface area contributed by atoms with Gasteiger partial charge in [0.15, 0.2) is 0 Å². The Hall–Kier alpha value is -2.42. The van der Waals surface area contributed by atoms with Crippen molar-refractivity contribution in [2.45, 2.75) is 69.1 Å². The summed E-state index contributed by atoms with van der Waals surface area (Å²) in [5.74, 6) is -4.26. The molecule has 14 heteroatoms. The van der Waals surface area contributed by atoms with E-state index in [0.29, 0.717) is 38.8 Å². The van der Waals surface area contributed by atoms with Crippen LogP contribution in [0.1, 0.15) is 44.9 Å². The number of rotatable bonds is 18. The van der Waals surface area contributed by atoms with Crippen LogP contribution in [0, 0.1) is 0 Å². The van der Waals surface area contributed by atoms with Gasteiger partial charge in [0.1, 0.15) is 18.1 Å². The second-order valence-electron chi connectivity index (χ2n) is 7.55. The lowest BCUT2D eigenvalue weighted by atomic mass is 10.0. The molecule has 0 spiro atoms. The van der Waals surface area contributed by atoms with E-state index in [-0.39, 0.29) is 18.6 Å². The molecule has 0 fully saturated rings. The maximum atomic E-state index is 12.9. The minimum atomic E-state index is -1.26. The van der Waals surface area contributed by atoms with Crippen LogP contribution >= 0.6 is 12.6 Å². The molecule has 0 aliphatic rings. The maximum absolute atomic E-state index is 12.9. The number of hydrogen-bond acceptors (Lipinski definition) is 9.